The zero-order valence-corrected chi connectivity index (χ0v) is 18.0. The Balaban J connectivity index is 1.34. The van der Waals surface area contributed by atoms with Gasteiger partial charge in [-0.1, -0.05) is 30.3 Å². The molecule has 6 nitrogen and oxygen atoms in total. The number of nitrogens with one attached hydrogen (secondary N) is 2. The number of aromatic nitrogens is 2. The van der Waals surface area contributed by atoms with Crippen LogP contribution in [0, 0.1) is 6.92 Å². The lowest BCUT2D eigenvalue weighted by Gasteiger charge is -2.28. The van der Waals surface area contributed by atoms with Crippen LogP contribution >= 0.6 is 0 Å². The molecule has 0 bridgehead atoms. The van der Waals surface area contributed by atoms with E-state index in [4.69, 9.17) is 4.98 Å². The van der Waals surface area contributed by atoms with Crippen molar-refractivity contribution in [3.63, 3.8) is 0 Å². The molecule has 1 fully saturated rings. The molecular formula is C25H29N5O. The molecule has 0 spiro atoms. The Hall–Kier alpha value is -3.41. The van der Waals surface area contributed by atoms with Gasteiger partial charge < -0.3 is 15.5 Å². The highest BCUT2D eigenvalue weighted by Crippen LogP contribution is 2.22. The highest BCUT2D eigenvalue weighted by atomic mass is 16.1. The predicted octanol–water partition coefficient (Wildman–Crippen LogP) is 5.09. The van der Waals surface area contributed by atoms with Crippen molar-refractivity contribution in [2.45, 2.75) is 39.0 Å². The van der Waals surface area contributed by atoms with Crippen molar-refractivity contribution < 1.29 is 4.79 Å². The van der Waals surface area contributed by atoms with Crippen LogP contribution in [0.1, 0.15) is 36.9 Å². The molecule has 1 aliphatic rings. The summed E-state index contributed by atoms with van der Waals surface area (Å²) in [5, 5.41) is 6.25. The quantitative estimate of drug-likeness (QED) is 0.562. The predicted molar refractivity (Wildman–Crippen MR) is 126 cm³/mol. The van der Waals surface area contributed by atoms with Crippen LogP contribution in [0.2, 0.25) is 0 Å². The molecule has 1 aliphatic heterocycles. The van der Waals surface area contributed by atoms with E-state index in [9.17, 15) is 4.79 Å². The molecular weight excluding hydrogens is 386 g/mol. The number of hydrogen-bond donors (Lipinski definition) is 2. The molecule has 31 heavy (non-hydrogen) atoms. The molecule has 3 aromatic rings. The summed E-state index contributed by atoms with van der Waals surface area (Å²) in [6.45, 7) is 4.09. The zero-order valence-electron chi connectivity index (χ0n) is 18.0. The number of aryl methyl sites for hydroxylation is 2. The molecule has 1 aromatic heterocycles. The van der Waals surface area contributed by atoms with Crippen molar-refractivity contribution >= 4 is 29.0 Å². The minimum Gasteiger partial charge on any atom is -0.356 e. The first-order chi connectivity index (χ1) is 15.2. The Morgan fingerprint density at radius 3 is 2.39 bits per heavy atom. The van der Waals surface area contributed by atoms with Gasteiger partial charge in [0.05, 0.1) is 0 Å². The van der Waals surface area contributed by atoms with Crippen molar-refractivity contribution in [1.82, 2.24) is 9.97 Å². The van der Waals surface area contributed by atoms with Crippen LogP contribution < -0.4 is 15.5 Å². The van der Waals surface area contributed by atoms with Crippen LogP contribution in [-0.2, 0) is 11.2 Å². The second-order valence-corrected chi connectivity index (χ2v) is 7.97. The van der Waals surface area contributed by atoms with E-state index >= 15 is 0 Å². The van der Waals surface area contributed by atoms with Crippen molar-refractivity contribution in [3.05, 3.63) is 71.9 Å². The number of piperidine rings is 1. The maximum absolute atomic E-state index is 12.2. The van der Waals surface area contributed by atoms with Gasteiger partial charge >= 0.3 is 0 Å². The van der Waals surface area contributed by atoms with E-state index in [-0.39, 0.29) is 5.91 Å². The number of hydrogen-bond acceptors (Lipinski definition) is 5. The summed E-state index contributed by atoms with van der Waals surface area (Å²) in [6.07, 6.45) is 4.91. The number of rotatable bonds is 7. The van der Waals surface area contributed by atoms with E-state index in [2.05, 4.69) is 20.5 Å². The smallest absolute Gasteiger partial charge is 0.229 e. The highest BCUT2D eigenvalue weighted by Gasteiger charge is 2.14. The van der Waals surface area contributed by atoms with Gasteiger partial charge in [0.2, 0.25) is 11.9 Å². The van der Waals surface area contributed by atoms with Gasteiger partial charge in [0, 0.05) is 42.6 Å². The maximum atomic E-state index is 12.2. The lowest BCUT2D eigenvalue weighted by Crippen LogP contribution is -2.30. The molecule has 2 aromatic carbocycles. The number of anilines is 4. The molecule has 2 N–H and O–H groups in total. The molecule has 160 valence electrons. The summed E-state index contributed by atoms with van der Waals surface area (Å²) in [7, 11) is 0. The number of nitrogens with zero attached hydrogens (tertiary/aromatic N) is 3. The normalized spacial score (nSPS) is 13.6. The number of carbonyl (C=O) groups is 1. The Morgan fingerprint density at radius 2 is 1.65 bits per heavy atom. The summed E-state index contributed by atoms with van der Waals surface area (Å²) in [5.41, 5.74) is 3.78. The third-order valence-corrected chi connectivity index (χ3v) is 5.43. The second kappa shape index (κ2) is 10.1. The van der Waals surface area contributed by atoms with Gasteiger partial charge in [-0.25, -0.2) is 4.98 Å². The first-order valence-electron chi connectivity index (χ1n) is 11.0. The van der Waals surface area contributed by atoms with Gasteiger partial charge in [0.1, 0.15) is 5.82 Å². The first kappa shape index (κ1) is 20.8. The van der Waals surface area contributed by atoms with E-state index < -0.39 is 0 Å². The SMILES string of the molecule is Cc1cc(N2CCCCC2)nc(Nc2ccc(NC(=O)CCc3ccccc3)cc2)n1. The maximum Gasteiger partial charge on any atom is 0.229 e. The summed E-state index contributed by atoms with van der Waals surface area (Å²) < 4.78 is 0. The molecule has 0 unspecified atom stereocenters. The van der Waals surface area contributed by atoms with Crippen LogP contribution in [0.3, 0.4) is 0 Å². The molecule has 1 saturated heterocycles. The summed E-state index contributed by atoms with van der Waals surface area (Å²) in [5.74, 6) is 1.59. The molecule has 4 rings (SSSR count). The van der Waals surface area contributed by atoms with Gasteiger partial charge in [-0.2, -0.15) is 4.98 Å². The third-order valence-electron chi connectivity index (χ3n) is 5.43. The van der Waals surface area contributed by atoms with E-state index in [0.717, 1.165) is 42.4 Å². The van der Waals surface area contributed by atoms with E-state index in [0.29, 0.717) is 12.4 Å². The summed E-state index contributed by atoms with van der Waals surface area (Å²) >= 11 is 0. The molecule has 6 heteroatoms. The van der Waals surface area contributed by atoms with Crippen LogP contribution in [0.5, 0.6) is 0 Å². The van der Waals surface area contributed by atoms with Crippen LogP contribution in [0.15, 0.2) is 60.7 Å². The third kappa shape index (κ3) is 6.04. The van der Waals surface area contributed by atoms with Crippen LogP contribution in [0.25, 0.3) is 0 Å². The lowest BCUT2D eigenvalue weighted by molar-refractivity contribution is -0.116. The van der Waals surface area contributed by atoms with Crippen LogP contribution in [0.4, 0.5) is 23.1 Å². The Bertz CT molecular complexity index is 998. The van der Waals surface area contributed by atoms with Crippen molar-refractivity contribution in [1.29, 1.82) is 0 Å². The van der Waals surface area contributed by atoms with Gasteiger partial charge in [0.25, 0.3) is 0 Å². The number of amides is 1. The van der Waals surface area contributed by atoms with Crippen molar-refractivity contribution in [2.24, 2.45) is 0 Å². The first-order valence-corrected chi connectivity index (χ1v) is 11.0. The molecule has 0 radical (unpaired) electrons. The fraction of sp³-hybridized carbons (Fsp3) is 0.320. The van der Waals surface area contributed by atoms with Gasteiger partial charge in [0.15, 0.2) is 0 Å². The van der Waals surface area contributed by atoms with Crippen molar-refractivity contribution in [2.75, 3.05) is 28.6 Å². The van der Waals surface area contributed by atoms with Crippen LogP contribution in [-0.4, -0.2) is 29.0 Å². The van der Waals surface area contributed by atoms with Gasteiger partial charge in [-0.3, -0.25) is 4.79 Å². The average Bonchev–Trinajstić information content (AvgIpc) is 2.80. The minimum absolute atomic E-state index is 0.0118. The number of benzene rings is 2. The topological polar surface area (TPSA) is 70.2 Å². The van der Waals surface area contributed by atoms with Crippen molar-refractivity contribution in [3.8, 4) is 0 Å². The second-order valence-electron chi connectivity index (χ2n) is 7.97. The highest BCUT2D eigenvalue weighted by molar-refractivity contribution is 5.91. The van der Waals surface area contributed by atoms with E-state index in [1.54, 1.807) is 0 Å². The molecule has 0 aliphatic carbocycles. The standard InChI is InChI=1S/C25H29N5O/c1-19-18-23(30-16-6-3-7-17-30)29-25(26-19)28-22-13-11-21(12-14-22)27-24(31)15-10-20-8-4-2-5-9-20/h2,4-5,8-9,11-14,18H,3,6-7,10,15-17H2,1H3,(H,27,31)(H,26,28,29). The summed E-state index contributed by atoms with van der Waals surface area (Å²) in [6, 6.07) is 19.7. The summed E-state index contributed by atoms with van der Waals surface area (Å²) in [4.78, 5) is 23.8. The average molecular weight is 416 g/mol. The molecule has 0 saturated carbocycles. The largest absolute Gasteiger partial charge is 0.356 e. The monoisotopic (exact) mass is 415 g/mol. The van der Waals surface area contributed by atoms with Gasteiger partial charge in [-0.05, 0) is 62.4 Å². The van der Waals surface area contributed by atoms with E-state index in [1.165, 1.54) is 24.8 Å². The Morgan fingerprint density at radius 1 is 0.935 bits per heavy atom. The Kier molecular flexibility index (Phi) is 6.77. The Labute approximate surface area is 183 Å². The number of carbonyl (C=O) groups excluding carboxylic acids is 1. The lowest BCUT2D eigenvalue weighted by atomic mass is 10.1. The molecule has 0 atom stereocenters. The fourth-order valence-electron chi connectivity index (χ4n) is 3.78. The zero-order chi connectivity index (χ0) is 21.5. The fourth-order valence-corrected chi connectivity index (χ4v) is 3.78. The molecule has 2 heterocycles. The molecule has 1 amide bonds. The van der Waals surface area contributed by atoms with E-state index in [1.807, 2.05) is 67.6 Å². The van der Waals surface area contributed by atoms with Gasteiger partial charge in [-0.15, -0.1) is 0 Å². The minimum atomic E-state index is 0.0118.